The average molecular weight is 320 g/mol. The van der Waals surface area contributed by atoms with Gasteiger partial charge in [-0.2, -0.15) is 0 Å². The van der Waals surface area contributed by atoms with E-state index < -0.39 is 0 Å². The van der Waals surface area contributed by atoms with Crippen LogP contribution < -0.4 is 4.90 Å². The molecule has 0 spiro atoms. The monoisotopic (exact) mass is 320 g/mol. The van der Waals surface area contributed by atoms with Crippen molar-refractivity contribution in [3.8, 4) is 9.88 Å². The molecule has 1 aliphatic heterocycles. The van der Waals surface area contributed by atoms with E-state index in [1.54, 1.807) is 22.7 Å². The number of rotatable bonds is 3. The predicted octanol–water partition coefficient (Wildman–Crippen LogP) is 2.33. The zero-order valence-electron chi connectivity index (χ0n) is 11.6. The minimum absolute atomic E-state index is 0.323. The first-order valence-corrected chi connectivity index (χ1v) is 8.92. The first-order valence-electron chi connectivity index (χ1n) is 7.22. The molecule has 21 heavy (non-hydrogen) atoms. The van der Waals surface area contributed by atoms with E-state index in [1.807, 2.05) is 11.0 Å². The highest BCUT2D eigenvalue weighted by Crippen LogP contribution is 2.33. The highest BCUT2D eigenvalue weighted by molar-refractivity contribution is 7.22. The Morgan fingerprint density at radius 2 is 2.00 bits per heavy atom. The maximum Gasteiger partial charge on any atom is 0.225 e. The molecule has 2 aromatic rings. The highest BCUT2D eigenvalue weighted by Gasteiger charge is 2.34. The van der Waals surface area contributed by atoms with Gasteiger partial charge in [-0.25, -0.2) is 0 Å². The van der Waals surface area contributed by atoms with Crippen LogP contribution in [0.5, 0.6) is 0 Å². The van der Waals surface area contributed by atoms with Crippen molar-refractivity contribution in [2.24, 2.45) is 5.92 Å². The topological polar surface area (TPSA) is 49.3 Å². The van der Waals surface area contributed by atoms with Crippen molar-refractivity contribution in [2.45, 2.75) is 12.8 Å². The van der Waals surface area contributed by atoms with E-state index in [-0.39, 0.29) is 0 Å². The lowest BCUT2D eigenvalue weighted by Crippen LogP contribution is -2.49. The number of hydrogen-bond donors (Lipinski definition) is 0. The molecule has 0 N–H and O–H groups in total. The molecule has 0 radical (unpaired) electrons. The maximum atomic E-state index is 12.0. The highest BCUT2D eigenvalue weighted by atomic mass is 32.1. The second-order valence-electron chi connectivity index (χ2n) is 5.45. The van der Waals surface area contributed by atoms with Gasteiger partial charge in [-0.15, -0.1) is 21.5 Å². The third-order valence-corrected chi connectivity index (χ3v) is 5.96. The van der Waals surface area contributed by atoms with Crippen molar-refractivity contribution in [3.63, 3.8) is 0 Å². The van der Waals surface area contributed by atoms with Gasteiger partial charge in [-0.3, -0.25) is 4.79 Å². The molecule has 2 aromatic heterocycles. The van der Waals surface area contributed by atoms with E-state index in [2.05, 4.69) is 26.5 Å². The van der Waals surface area contributed by atoms with Gasteiger partial charge in [-0.05, 0) is 24.3 Å². The van der Waals surface area contributed by atoms with Gasteiger partial charge in [0, 0.05) is 32.1 Å². The lowest BCUT2D eigenvalue weighted by atomic mass is 10.3. The van der Waals surface area contributed by atoms with Crippen LogP contribution in [0.1, 0.15) is 12.8 Å². The second kappa shape index (κ2) is 5.38. The van der Waals surface area contributed by atoms with Crippen molar-refractivity contribution < 1.29 is 4.79 Å². The van der Waals surface area contributed by atoms with Crippen molar-refractivity contribution in [3.05, 3.63) is 17.5 Å². The van der Waals surface area contributed by atoms with Gasteiger partial charge in [0.25, 0.3) is 0 Å². The van der Waals surface area contributed by atoms with E-state index in [9.17, 15) is 4.79 Å². The van der Waals surface area contributed by atoms with Crippen molar-refractivity contribution >= 4 is 33.7 Å². The molecule has 3 heterocycles. The summed E-state index contributed by atoms with van der Waals surface area (Å²) in [6.45, 7) is 3.33. The number of nitrogens with zero attached hydrogens (tertiary/aromatic N) is 4. The zero-order chi connectivity index (χ0) is 14.2. The van der Waals surface area contributed by atoms with Gasteiger partial charge in [0.1, 0.15) is 0 Å². The number of aromatic nitrogens is 2. The summed E-state index contributed by atoms with van der Waals surface area (Å²) in [6, 6.07) is 4.10. The molecule has 0 aromatic carbocycles. The van der Waals surface area contributed by atoms with Crippen LogP contribution in [0.25, 0.3) is 9.88 Å². The predicted molar refractivity (Wildman–Crippen MR) is 84.7 cm³/mol. The van der Waals surface area contributed by atoms with Gasteiger partial charge in [-0.1, -0.05) is 17.4 Å². The summed E-state index contributed by atoms with van der Waals surface area (Å²) in [5.41, 5.74) is 0. The Balaban J connectivity index is 1.41. The fraction of sp³-hybridized carbons (Fsp3) is 0.500. The number of hydrogen-bond acceptors (Lipinski definition) is 6. The summed E-state index contributed by atoms with van der Waals surface area (Å²) < 4.78 is 0. The standard InChI is InChI=1S/C14H16N4OS2/c19-13(10-3-4-10)17-5-7-18(8-6-17)14-16-15-12(21-14)11-2-1-9-20-11/h1-2,9-10H,3-8H2. The van der Waals surface area contributed by atoms with Crippen LogP contribution in [0.2, 0.25) is 0 Å². The third-order valence-electron chi connectivity index (χ3n) is 3.93. The van der Waals surface area contributed by atoms with Crippen LogP contribution >= 0.6 is 22.7 Å². The lowest BCUT2D eigenvalue weighted by molar-refractivity contribution is -0.132. The lowest BCUT2D eigenvalue weighted by Gasteiger charge is -2.34. The first kappa shape index (κ1) is 13.2. The van der Waals surface area contributed by atoms with Crippen LogP contribution in [-0.4, -0.2) is 47.2 Å². The van der Waals surface area contributed by atoms with E-state index in [1.165, 1.54) is 4.88 Å². The Hall–Kier alpha value is -1.47. The largest absolute Gasteiger partial charge is 0.343 e. The molecule has 1 amide bonds. The minimum Gasteiger partial charge on any atom is -0.343 e. The quantitative estimate of drug-likeness (QED) is 0.871. The van der Waals surface area contributed by atoms with Crippen LogP contribution in [0.4, 0.5) is 5.13 Å². The van der Waals surface area contributed by atoms with Gasteiger partial charge >= 0.3 is 0 Å². The second-order valence-corrected chi connectivity index (χ2v) is 7.36. The van der Waals surface area contributed by atoms with Crippen LogP contribution in [0.15, 0.2) is 17.5 Å². The normalized spacial score (nSPS) is 19.0. The molecule has 110 valence electrons. The smallest absolute Gasteiger partial charge is 0.225 e. The van der Waals surface area contributed by atoms with Gasteiger partial charge in [0.05, 0.1) is 4.88 Å². The SMILES string of the molecule is O=C(C1CC1)N1CCN(c2nnc(-c3cccs3)s2)CC1. The summed E-state index contributed by atoms with van der Waals surface area (Å²) in [4.78, 5) is 17.5. The molecule has 0 unspecified atom stereocenters. The van der Waals surface area contributed by atoms with Crippen molar-refractivity contribution in [2.75, 3.05) is 31.1 Å². The van der Waals surface area contributed by atoms with Gasteiger partial charge < -0.3 is 9.80 Å². The number of anilines is 1. The van der Waals surface area contributed by atoms with E-state index in [0.717, 1.165) is 49.2 Å². The molecule has 0 atom stereocenters. The average Bonchev–Trinajstić information content (AvgIpc) is 3.03. The van der Waals surface area contributed by atoms with Crippen molar-refractivity contribution in [1.29, 1.82) is 0 Å². The van der Waals surface area contributed by atoms with E-state index in [4.69, 9.17) is 0 Å². The maximum absolute atomic E-state index is 12.0. The number of amides is 1. The third kappa shape index (κ3) is 2.67. The molecule has 7 heteroatoms. The van der Waals surface area contributed by atoms with E-state index in [0.29, 0.717) is 11.8 Å². The summed E-state index contributed by atoms with van der Waals surface area (Å²) in [7, 11) is 0. The molecule has 2 aliphatic rings. The Labute approximate surface area is 131 Å². The molecular weight excluding hydrogens is 304 g/mol. The number of carbonyl (C=O) groups is 1. The zero-order valence-corrected chi connectivity index (χ0v) is 13.2. The molecule has 1 saturated carbocycles. The molecule has 0 bridgehead atoms. The molecule has 1 saturated heterocycles. The summed E-state index contributed by atoms with van der Waals surface area (Å²) in [5, 5.41) is 12.6. The number of thiophene rings is 1. The Kier molecular flexibility index (Phi) is 3.39. The summed E-state index contributed by atoms with van der Waals surface area (Å²) >= 11 is 3.32. The summed E-state index contributed by atoms with van der Waals surface area (Å²) in [6.07, 6.45) is 2.17. The van der Waals surface area contributed by atoms with Gasteiger partial charge in [0.2, 0.25) is 11.0 Å². The molecule has 5 nitrogen and oxygen atoms in total. The number of carbonyl (C=O) groups excluding carboxylic acids is 1. The molecule has 2 fully saturated rings. The Bertz CT molecular complexity index is 627. The summed E-state index contributed by atoms with van der Waals surface area (Å²) in [5.74, 6) is 0.676. The van der Waals surface area contributed by atoms with Crippen LogP contribution in [0, 0.1) is 5.92 Å². The fourth-order valence-corrected chi connectivity index (χ4v) is 4.24. The molecule has 1 aliphatic carbocycles. The molecule has 4 rings (SSSR count). The van der Waals surface area contributed by atoms with Gasteiger partial charge in [0.15, 0.2) is 5.01 Å². The number of piperazine rings is 1. The fourth-order valence-electron chi connectivity index (χ4n) is 2.55. The molecular formula is C14H16N4OS2. The van der Waals surface area contributed by atoms with Crippen LogP contribution in [-0.2, 0) is 4.79 Å². The first-order chi connectivity index (χ1) is 10.3. The minimum atomic E-state index is 0.323. The van der Waals surface area contributed by atoms with Crippen LogP contribution in [0.3, 0.4) is 0 Å². The Morgan fingerprint density at radius 1 is 1.19 bits per heavy atom. The van der Waals surface area contributed by atoms with E-state index >= 15 is 0 Å². The Morgan fingerprint density at radius 3 is 2.67 bits per heavy atom. The van der Waals surface area contributed by atoms with Crippen molar-refractivity contribution in [1.82, 2.24) is 15.1 Å².